The van der Waals surface area contributed by atoms with Crippen LogP contribution in [0.3, 0.4) is 0 Å². The first-order valence-electron chi connectivity index (χ1n) is 6.78. The van der Waals surface area contributed by atoms with Crippen molar-refractivity contribution in [3.63, 3.8) is 0 Å². The van der Waals surface area contributed by atoms with Crippen molar-refractivity contribution in [1.82, 2.24) is 4.98 Å². The second kappa shape index (κ2) is 6.71. The van der Waals surface area contributed by atoms with Crippen LogP contribution in [0.5, 0.6) is 0 Å². The first kappa shape index (κ1) is 16.8. The van der Waals surface area contributed by atoms with E-state index in [1.165, 1.54) is 6.20 Å². The summed E-state index contributed by atoms with van der Waals surface area (Å²) in [5, 5.41) is 0. The fourth-order valence-electron chi connectivity index (χ4n) is 1.92. The topological polar surface area (TPSA) is 64.1 Å². The van der Waals surface area contributed by atoms with Crippen molar-refractivity contribution in [3.8, 4) is 0 Å². The number of sulfone groups is 1. The Balaban J connectivity index is 2.30. The molecule has 0 saturated heterocycles. The van der Waals surface area contributed by atoms with Crippen LogP contribution in [-0.2, 0) is 15.6 Å². The van der Waals surface area contributed by atoms with E-state index in [1.54, 1.807) is 25.1 Å². The van der Waals surface area contributed by atoms with Crippen LogP contribution < -0.4 is 0 Å². The monoisotopic (exact) mass is 381 g/mol. The minimum atomic E-state index is -3.13. The zero-order valence-electron chi connectivity index (χ0n) is 12.3. The van der Waals surface area contributed by atoms with E-state index in [4.69, 9.17) is 0 Å². The Morgan fingerprint density at radius 2 is 1.86 bits per heavy atom. The highest BCUT2D eigenvalue weighted by molar-refractivity contribution is 9.10. The van der Waals surface area contributed by atoms with Crippen LogP contribution in [-0.4, -0.2) is 24.9 Å². The summed E-state index contributed by atoms with van der Waals surface area (Å²) in [6, 6.07) is 8.87. The van der Waals surface area contributed by atoms with Gasteiger partial charge in [-0.3, -0.25) is 9.78 Å². The van der Waals surface area contributed by atoms with Crippen molar-refractivity contribution >= 4 is 31.6 Å². The highest BCUT2D eigenvalue weighted by atomic mass is 79.9. The van der Waals surface area contributed by atoms with E-state index in [9.17, 15) is 13.2 Å². The fraction of sp³-hybridized carbons (Fsp3) is 0.250. The van der Waals surface area contributed by atoms with Gasteiger partial charge in [-0.1, -0.05) is 36.8 Å². The highest BCUT2D eigenvalue weighted by Gasteiger charge is 2.16. The van der Waals surface area contributed by atoms with E-state index in [0.29, 0.717) is 15.6 Å². The van der Waals surface area contributed by atoms with E-state index in [0.717, 1.165) is 5.56 Å². The summed E-state index contributed by atoms with van der Waals surface area (Å²) in [7, 11) is -3.13. The maximum Gasteiger partial charge on any atom is 0.212 e. The zero-order valence-corrected chi connectivity index (χ0v) is 14.7. The molecule has 1 aromatic heterocycles. The van der Waals surface area contributed by atoms with Gasteiger partial charge in [-0.05, 0) is 34.5 Å². The van der Waals surface area contributed by atoms with E-state index in [1.807, 2.05) is 19.1 Å². The molecule has 0 spiro atoms. The molecule has 0 atom stereocenters. The second-order valence-corrected chi connectivity index (χ2v) is 8.25. The molecule has 0 radical (unpaired) electrons. The molecule has 2 aromatic rings. The minimum Gasteiger partial charge on any atom is -0.287 e. The standard InChI is InChI=1S/C16H16BrNO3S/c1-3-22(20,21)10-12-8-14(17)15(18-9-12)16(19)13-6-4-11(2)5-7-13/h4-9H,3,10H2,1-2H3. The molecule has 0 bridgehead atoms. The highest BCUT2D eigenvalue weighted by Crippen LogP contribution is 2.21. The first-order valence-corrected chi connectivity index (χ1v) is 9.40. The van der Waals surface area contributed by atoms with Gasteiger partial charge < -0.3 is 0 Å². The van der Waals surface area contributed by atoms with Crippen LogP contribution in [0, 0.1) is 6.92 Å². The molecule has 116 valence electrons. The normalized spacial score (nSPS) is 11.4. The molecule has 0 aliphatic heterocycles. The Labute approximate surface area is 138 Å². The number of ketones is 1. The van der Waals surface area contributed by atoms with Gasteiger partial charge in [0.05, 0.1) is 5.75 Å². The number of aryl methyl sites for hydroxylation is 1. The number of pyridine rings is 1. The van der Waals surface area contributed by atoms with Crippen molar-refractivity contribution in [2.45, 2.75) is 19.6 Å². The van der Waals surface area contributed by atoms with E-state index < -0.39 is 9.84 Å². The maximum atomic E-state index is 12.4. The molecule has 0 saturated carbocycles. The number of rotatable bonds is 5. The van der Waals surface area contributed by atoms with Crippen LogP contribution in [0.25, 0.3) is 0 Å². The van der Waals surface area contributed by atoms with Gasteiger partial charge in [0.15, 0.2) is 9.84 Å². The molecule has 1 heterocycles. The lowest BCUT2D eigenvalue weighted by Gasteiger charge is -2.06. The Kier molecular flexibility index (Phi) is 5.13. The second-order valence-electron chi connectivity index (χ2n) is 5.05. The SMILES string of the molecule is CCS(=O)(=O)Cc1cnc(C(=O)c2ccc(C)cc2)c(Br)c1. The molecule has 0 aliphatic rings. The summed E-state index contributed by atoms with van der Waals surface area (Å²) in [6.07, 6.45) is 1.44. The Morgan fingerprint density at radius 3 is 2.41 bits per heavy atom. The average molecular weight is 382 g/mol. The summed E-state index contributed by atoms with van der Waals surface area (Å²) in [5.74, 6) is -0.195. The number of hydrogen-bond acceptors (Lipinski definition) is 4. The van der Waals surface area contributed by atoms with Gasteiger partial charge >= 0.3 is 0 Å². The van der Waals surface area contributed by atoms with Gasteiger partial charge in [-0.2, -0.15) is 0 Å². The lowest BCUT2D eigenvalue weighted by atomic mass is 10.1. The minimum absolute atomic E-state index is 0.0753. The molecule has 0 N–H and O–H groups in total. The number of halogens is 1. The van der Waals surface area contributed by atoms with Crippen LogP contribution in [0.1, 0.15) is 34.1 Å². The summed E-state index contributed by atoms with van der Waals surface area (Å²) >= 11 is 3.31. The van der Waals surface area contributed by atoms with Crippen LogP contribution in [0.2, 0.25) is 0 Å². The predicted molar refractivity (Wildman–Crippen MR) is 89.7 cm³/mol. The molecule has 6 heteroatoms. The summed E-state index contributed by atoms with van der Waals surface area (Å²) in [6.45, 7) is 3.55. The van der Waals surface area contributed by atoms with Crippen molar-refractivity contribution in [3.05, 3.63) is 63.4 Å². The largest absolute Gasteiger partial charge is 0.287 e. The third kappa shape index (κ3) is 4.01. The molecule has 2 rings (SSSR count). The fourth-order valence-corrected chi connectivity index (χ4v) is 3.37. The summed E-state index contributed by atoms with van der Waals surface area (Å²) in [4.78, 5) is 16.6. The number of aromatic nitrogens is 1. The number of hydrogen-bond donors (Lipinski definition) is 0. The molecule has 0 amide bonds. The number of carbonyl (C=O) groups is 1. The third-order valence-corrected chi connectivity index (χ3v) is 5.51. The number of nitrogens with zero attached hydrogens (tertiary/aromatic N) is 1. The van der Waals surface area contributed by atoms with Gasteiger partial charge in [0, 0.05) is 22.0 Å². The van der Waals surface area contributed by atoms with Gasteiger partial charge in [0.1, 0.15) is 5.69 Å². The number of benzene rings is 1. The van der Waals surface area contributed by atoms with Gasteiger partial charge in [-0.15, -0.1) is 0 Å². The lowest BCUT2D eigenvalue weighted by molar-refractivity contribution is 0.103. The zero-order chi connectivity index (χ0) is 16.3. The van der Waals surface area contributed by atoms with Crippen molar-refractivity contribution in [1.29, 1.82) is 0 Å². The van der Waals surface area contributed by atoms with Gasteiger partial charge in [0.25, 0.3) is 0 Å². The van der Waals surface area contributed by atoms with Crippen molar-refractivity contribution in [2.75, 3.05) is 5.75 Å². The third-order valence-electron chi connectivity index (χ3n) is 3.25. The summed E-state index contributed by atoms with van der Waals surface area (Å²) < 4.78 is 23.8. The quantitative estimate of drug-likeness (QED) is 0.745. The maximum absolute atomic E-state index is 12.4. The van der Waals surface area contributed by atoms with Crippen LogP contribution in [0.15, 0.2) is 41.0 Å². The molecule has 0 aliphatic carbocycles. The molecule has 4 nitrogen and oxygen atoms in total. The number of carbonyl (C=O) groups excluding carboxylic acids is 1. The molecule has 22 heavy (non-hydrogen) atoms. The van der Waals surface area contributed by atoms with Crippen molar-refractivity contribution < 1.29 is 13.2 Å². The van der Waals surface area contributed by atoms with E-state index >= 15 is 0 Å². The molecular weight excluding hydrogens is 366 g/mol. The smallest absolute Gasteiger partial charge is 0.212 e. The van der Waals surface area contributed by atoms with E-state index in [2.05, 4.69) is 20.9 Å². The molecular formula is C16H16BrNO3S. The molecule has 1 aromatic carbocycles. The first-order chi connectivity index (χ1) is 10.3. The molecule has 0 unspecified atom stereocenters. The van der Waals surface area contributed by atoms with Crippen LogP contribution >= 0.6 is 15.9 Å². The lowest BCUT2D eigenvalue weighted by Crippen LogP contribution is -2.09. The summed E-state index contributed by atoms with van der Waals surface area (Å²) in [5.41, 5.74) is 2.46. The van der Waals surface area contributed by atoms with Gasteiger partial charge in [-0.25, -0.2) is 8.42 Å². The Hall–Kier alpha value is -1.53. The molecule has 0 fully saturated rings. The van der Waals surface area contributed by atoms with Gasteiger partial charge in [0.2, 0.25) is 5.78 Å². The predicted octanol–water partition coefficient (Wildman–Crippen LogP) is 3.32. The van der Waals surface area contributed by atoms with Crippen molar-refractivity contribution in [2.24, 2.45) is 0 Å². The van der Waals surface area contributed by atoms with E-state index in [-0.39, 0.29) is 23.0 Å². The average Bonchev–Trinajstić information content (AvgIpc) is 2.47. The van der Waals surface area contributed by atoms with Crippen LogP contribution in [0.4, 0.5) is 0 Å². The Morgan fingerprint density at radius 1 is 1.23 bits per heavy atom. The Bertz CT molecular complexity index is 799.